The van der Waals surface area contributed by atoms with E-state index in [9.17, 15) is 9.59 Å². The largest absolute Gasteiger partial charge is 0.394 e. The van der Waals surface area contributed by atoms with Crippen molar-refractivity contribution < 1.29 is 14.0 Å². The van der Waals surface area contributed by atoms with Gasteiger partial charge < -0.3 is 9.22 Å². The van der Waals surface area contributed by atoms with Gasteiger partial charge in [-0.2, -0.15) is 0 Å². The Balaban J connectivity index is 1.39. The van der Waals surface area contributed by atoms with Crippen LogP contribution in [0.2, 0.25) is 0 Å². The van der Waals surface area contributed by atoms with E-state index in [4.69, 9.17) is 4.43 Å². The summed E-state index contributed by atoms with van der Waals surface area (Å²) in [6, 6.07) is 32.9. The van der Waals surface area contributed by atoms with Gasteiger partial charge in [0.2, 0.25) is 0 Å². The Morgan fingerprint density at radius 2 is 1.33 bits per heavy atom. The molecule has 3 saturated carbocycles. The first-order valence-electron chi connectivity index (χ1n) is 17.5. The number of carbonyl (C=O) groups is 2. The van der Waals surface area contributed by atoms with E-state index in [0.717, 1.165) is 37.7 Å². The molecular formula is C42H48O3Si. The van der Waals surface area contributed by atoms with Crippen molar-refractivity contribution in [1.82, 2.24) is 0 Å². The van der Waals surface area contributed by atoms with Gasteiger partial charge in [0.25, 0.3) is 8.32 Å². The first-order chi connectivity index (χ1) is 22.3. The van der Waals surface area contributed by atoms with Gasteiger partial charge >= 0.3 is 0 Å². The van der Waals surface area contributed by atoms with Crippen LogP contribution in [0.3, 0.4) is 0 Å². The quantitative estimate of drug-likeness (QED) is 0.120. The van der Waals surface area contributed by atoms with Gasteiger partial charge in [0.15, 0.2) is 5.78 Å². The number of benzene rings is 3. The summed E-state index contributed by atoms with van der Waals surface area (Å²) < 4.78 is 8.19. The standard InChI is InChI=1S/C42H48O3Si/c1-5-23-41(45-46(34-15-9-6-10-16-34,35-17-11-7-12-18-35)36-19-13-8-14-20-36)25-22-37-39-30(2)26-32-28-33(44)27-31(3)42(32,29-43)38(39)21-24-40(37,41)4/h5-20,23,28-31,37-39H,21-22,24-27H2,1-4H3/t30?,31?,37-,38-,39-,40-,41-,42-/m0/s1. The maximum absolute atomic E-state index is 13.3. The number of rotatable bonds is 7. The number of hydrogen-bond donors (Lipinski definition) is 0. The van der Waals surface area contributed by atoms with E-state index in [1.807, 2.05) is 6.08 Å². The number of allylic oxidation sites excluding steroid dienone is 2. The third-order valence-corrected chi connectivity index (χ3v) is 17.2. The molecule has 0 spiro atoms. The van der Waals surface area contributed by atoms with E-state index < -0.39 is 19.3 Å². The Morgan fingerprint density at radius 3 is 1.85 bits per heavy atom. The SMILES string of the molecule is CC=C[C@]1(O[Si](c2ccccc2)(c2ccccc2)c2ccccc2)CC[C@H]2[C@@H]3C(C)CC4=CC(=O)CC(C)[C@]4(C=O)[C@H]3CC[C@@]21C. The molecule has 0 bridgehead atoms. The molecule has 3 fully saturated rings. The van der Waals surface area contributed by atoms with Crippen molar-refractivity contribution >= 4 is 35.9 Å². The fourth-order valence-electron chi connectivity index (χ4n) is 11.1. The molecule has 0 radical (unpaired) electrons. The number of hydrogen-bond acceptors (Lipinski definition) is 3. The van der Waals surface area contributed by atoms with Crippen LogP contribution in [0.25, 0.3) is 0 Å². The zero-order valence-corrected chi connectivity index (χ0v) is 28.8. The maximum atomic E-state index is 13.3. The topological polar surface area (TPSA) is 43.4 Å². The molecule has 7 rings (SSSR count). The van der Waals surface area contributed by atoms with Crippen LogP contribution in [0.4, 0.5) is 0 Å². The van der Waals surface area contributed by atoms with Crippen LogP contribution in [0, 0.1) is 40.4 Å². The van der Waals surface area contributed by atoms with Gasteiger partial charge in [-0.05, 0) is 90.3 Å². The fraction of sp³-hybridized carbons (Fsp3) is 0.429. The molecule has 4 aliphatic rings. The average Bonchev–Trinajstić information content (AvgIpc) is 3.36. The average molecular weight is 629 g/mol. The lowest BCUT2D eigenvalue weighted by atomic mass is 9.42. The second kappa shape index (κ2) is 11.7. The van der Waals surface area contributed by atoms with E-state index in [2.05, 4.69) is 131 Å². The van der Waals surface area contributed by atoms with Crippen molar-refractivity contribution in [1.29, 1.82) is 0 Å². The first-order valence-corrected chi connectivity index (χ1v) is 19.4. The molecule has 0 amide bonds. The summed E-state index contributed by atoms with van der Waals surface area (Å²) in [5.41, 5.74) is 0.0187. The molecule has 46 heavy (non-hydrogen) atoms. The summed E-state index contributed by atoms with van der Waals surface area (Å²) in [4.78, 5) is 26.0. The molecule has 0 heterocycles. The number of fused-ring (bicyclic) bond motifs is 5. The predicted molar refractivity (Wildman–Crippen MR) is 189 cm³/mol. The summed E-state index contributed by atoms with van der Waals surface area (Å²) >= 11 is 0. The third-order valence-electron chi connectivity index (χ3n) is 13.0. The zero-order valence-electron chi connectivity index (χ0n) is 27.8. The highest BCUT2D eigenvalue weighted by atomic mass is 28.4. The summed E-state index contributed by atoms with van der Waals surface area (Å²) in [5, 5.41) is 3.79. The lowest BCUT2D eigenvalue weighted by molar-refractivity contribution is -0.144. The molecule has 0 aliphatic heterocycles. The Labute approximate surface area is 276 Å². The Bertz CT molecular complexity index is 1550. The summed E-state index contributed by atoms with van der Waals surface area (Å²) in [5.74, 6) is 1.75. The van der Waals surface area contributed by atoms with Crippen molar-refractivity contribution in [2.24, 2.45) is 40.4 Å². The van der Waals surface area contributed by atoms with Crippen LogP contribution in [0.15, 0.2) is 115 Å². The van der Waals surface area contributed by atoms with Crippen LogP contribution >= 0.6 is 0 Å². The monoisotopic (exact) mass is 628 g/mol. The zero-order chi connectivity index (χ0) is 32.2. The van der Waals surface area contributed by atoms with E-state index in [1.54, 1.807) is 0 Å². The number of carbonyl (C=O) groups excluding carboxylic acids is 2. The molecule has 4 heteroatoms. The Morgan fingerprint density at radius 1 is 0.783 bits per heavy atom. The van der Waals surface area contributed by atoms with Gasteiger partial charge in [0.05, 0.1) is 11.0 Å². The van der Waals surface area contributed by atoms with Gasteiger partial charge in [-0.15, -0.1) is 0 Å². The minimum absolute atomic E-state index is 0.0501. The van der Waals surface area contributed by atoms with Crippen LogP contribution in [0.5, 0.6) is 0 Å². The highest BCUT2D eigenvalue weighted by molar-refractivity contribution is 7.07. The number of aldehydes is 1. The van der Waals surface area contributed by atoms with Gasteiger partial charge in [0.1, 0.15) is 6.29 Å². The molecule has 3 aromatic rings. The van der Waals surface area contributed by atoms with Crippen molar-refractivity contribution in [2.75, 3.05) is 0 Å². The molecule has 4 aliphatic carbocycles. The highest BCUT2D eigenvalue weighted by Gasteiger charge is 2.68. The normalized spacial score (nSPS) is 35.6. The van der Waals surface area contributed by atoms with Gasteiger partial charge in [-0.1, -0.05) is 129 Å². The van der Waals surface area contributed by atoms with Crippen LogP contribution in [0.1, 0.15) is 66.2 Å². The van der Waals surface area contributed by atoms with Crippen LogP contribution in [-0.2, 0) is 14.0 Å². The lowest BCUT2D eigenvalue weighted by Crippen LogP contribution is -2.73. The molecule has 238 valence electrons. The maximum Gasteiger partial charge on any atom is 0.289 e. The third kappa shape index (κ3) is 4.39. The summed E-state index contributed by atoms with van der Waals surface area (Å²) in [6.45, 7) is 9.20. The smallest absolute Gasteiger partial charge is 0.289 e. The van der Waals surface area contributed by atoms with Gasteiger partial charge in [0, 0.05) is 11.8 Å². The molecule has 2 unspecified atom stereocenters. The number of ketones is 1. The highest BCUT2D eigenvalue weighted by Crippen LogP contribution is 2.70. The van der Waals surface area contributed by atoms with Crippen LogP contribution < -0.4 is 15.6 Å². The Kier molecular flexibility index (Phi) is 7.96. The predicted octanol–water partition coefficient (Wildman–Crippen LogP) is 7.19. The van der Waals surface area contributed by atoms with Crippen LogP contribution in [-0.4, -0.2) is 26.0 Å². The molecule has 0 aromatic heterocycles. The van der Waals surface area contributed by atoms with Crippen molar-refractivity contribution in [3.05, 3.63) is 115 Å². The Hall–Kier alpha value is -3.34. The molecule has 0 N–H and O–H groups in total. The first kappa shape index (κ1) is 31.3. The van der Waals surface area contributed by atoms with Gasteiger partial charge in [-0.25, -0.2) is 0 Å². The van der Waals surface area contributed by atoms with Gasteiger partial charge in [-0.3, -0.25) is 4.79 Å². The van der Waals surface area contributed by atoms with Crippen molar-refractivity contribution in [2.45, 2.75) is 71.8 Å². The van der Waals surface area contributed by atoms with E-state index >= 15 is 0 Å². The van der Waals surface area contributed by atoms with Crippen molar-refractivity contribution in [3.8, 4) is 0 Å². The van der Waals surface area contributed by atoms with E-state index in [1.165, 1.54) is 21.8 Å². The minimum atomic E-state index is -3.00. The second-order valence-corrected chi connectivity index (χ2v) is 18.3. The van der Waals surface area contributed by atoms with E-state index in [-0.39, 0.29) is 23.0 Å². The molecule has 3 aromatic carbocycles. The van der Waals surface area contributed by atoms with E-state index in [0.29, 0.717) is 24.2 Å². The van der Waals surface area contributed by atoms with Crippen molar-refractivity contribution in [3.63, 3.8) is 0 Å². The minimum Gasteiger partial charge on any atom is -0.394 e. The second-order valence-electron chi connectivity index (χ2n) is 15.0. The lowest BCUT2D eigenvalue weighted by Gasteiger charge is -2.62. The molecule has 3 nitrogen and oxygen atoms in total. The molecule has 0 saturated heterocycles. The summed E-state index contributed by atoms with van der Waals surface area (Å²) in [7, 11) is -3.00. The molecular weight excluding hydrogens is 581 g/mol. The summed E-state index contributed by atoms with van der Waals surface area (Å²) in [6.07, 6.45) is 13.1. The fourth-order valence-corrected chi connectivity index (χ4v) is 15.3. The molecule has 8 atom stereocenters.